The first-order chi connectivity index (χ1) is 20.6. The van der Waals surface area contributed by atoms with Gasteiger partial charge in [0.1, 0.15) is 11.3 Å². The van der Waals surface area contributed by atoms with Crippen molar-refractivity contribution in [2.24, 2.45) is 0 Å². The van der Waals surface area contributed by atoms with Crippen molar-refractivity contribution < 1.29 is 4.39 Å². The maximum atomic E-state index is 17.1. The van der Waals surface area contributed by atoms with E-state index in [2.05, 4.69) is 52.4 Å². The SMILES string of the molecule is Cc1cc2[nH]ncc2c(-c2c(Cl)cc3c(nc(N4CC(C)(N(C)C)C4)c4cnn([C@H]5CCN[C@H](CC#N)C5)c43)c2F)c1C. The van der Waals surface area contributed by atoms with E-state index in [0.717, 1.165) is 76.8 Å². The standard InChI is InChI=1S/C32H35ClFN9/c1-17-10-25-22(13-37-40-25)26(18(17)2)27-24(33)12-21-29(28(27)34)39-31(42-15-32(3,16-42)41(4)5)23-14-38-43(30(21)23)20-7-9-36-19(11-20)6-8-35/h10,12-14,19-20,36H,6-7,9,11,15-16H2,1-5H3,(H,37,40)/t19-,20+/m1/s1. The van der Waals surface area contributed by atoms with E-state index < -0.39 is 5.82 Å². The summed E-state index contributed by atoms with van der Waals surface area (Å²) in [5.74, 6) is 0.287. The van der Waals surface area contributed by atoms with Crippen molar-refractivity contribution in [2.75, 3.05) is 38.6 Å². The van der Waals surface area contributed by atoms with E-state index >= 15 is 4.39 Å². The lowest BCUT2D eigenvalue weighted by Gasteiger charge is -2.52. The summed E-state index contributed by atoms with van der Waals surface area (Å²) in [4.78, 5) is 9.49. The predicted octanol–water partition coefficient (Wildman–Crippen LogP) is 5.88. The molecule has 5 heterocycles. The number of piperidine rings is 1. The lowest BCUT2D eigenvalue weighted by Crippen LogP contribution is -2.67. The molecule has 7 rings (SSSR count). The first-order valence-corrected chi connectivity index (χ1v) is 15.1. The number of aromatic nitrogens is 5. The van der Waals surface area contributed by atoms with Crippen LogP contribution in [0.4, 0.5) is 10.2 Å². The number of aromatic amines is 1. The summed E-state index contributed by atoms with van der Waals surface area (Å²) in [6.07, 6.45) is 5.65. The van der Waals surface area contributed by atoms with Gasteiger partial charge in [-0.15, -0.1) is 0 Å². The van der Waals surface area contributed by atoms with Gasteiger partial charge in [-0.25, -0.2) is 9.37 Å². The molecule has 2 fully saturated rings. The van der Waals surface area contributed by atoms with Crippen LogP contribution in [0.2, 0.25) is 5.02 Å². The molecule has 2 atom stereocenters. The van der Waals surface area contributed by atoms with E-state index in [1.165, 1.54) is 0 Å². The fourth-order valence-electron chi connectivity index (χ4n) is 6.94. The number of anilines is 1. The second-order valence-corrected chi connectivity index (χ2v) is 13.1. The summed E-state index contributed by atoms with van der Waals surface area (Å²) in [7, 11) is 4.17. The third kappa shape index (κ3) is 4.28. The molecule has 0 bridgehead atoms. The van der Waals surface area contributed by atoms with Gasteiger partial charge in [-0.3, -0.25) is 9.78 Å². The second kappa shape index (κ2) is 10.2. The van der Waals surface area contributed by atoms with Crippen molar-refractivity contribution in [3.8, 4) is 17.2 Å². The molecule has 2 N–H and O–H groups in total. The van der Waals surface area contributed by atoms with Crippen LogP contribution in [0.15, 0.2) is 24.5 Å². The van der Waals surface area contributed by atoms with Gasteiger partial charge >= 0.3 is 0 Å². The number of nitrogens with one attached hydrogen (secondary N) is 2. The molecule has 11 heteroatoms. The topological polar surface area (TPSA) is 102 Å². The normalized spacial score (nSPS) is 20.3. The molecule has 2 saturated heterocycles. The number of hydrogen-bond acceptors (Lipinski definition) is 7. The van der Waals surface area contributed by atoms with Gasteiger partial charge in [-0.05, 0) is 77.5 Å². The molecule has 9 nitrogen and oxygen atoms in total. The highest BCUT2D eigenvalue weighted by Crippen LogP contribution is 2.45. The summed E-state index contributed by atoms with van der Waals surface area (Å²) in [6, 6.07) is 6.32. The van der Waals surface area contributed by atoms with E-state index in [1.54, 1.807) is 6.20 Å². The van der Waals surface area contributed by atoms with Gasteiger partial charge in [0.2, 0.25) is 0 Å². The molecule has 222 valence electrons. The Labute approximate surface area is 254 Å². The van der Waals surface area contributed by atoms with Gasteiger partial charge in [-0.1, -0.05) is 11.6 Å². The smallest absolute Gasteiger partial charge is 0.158 e. The van der Waals surface area contributed by atoms with E-state index in [1.807, 2.05) is 36.9 Å². The van der Waals surface area contributed by atoms with Crippen molar-refractivity contribution in [1.82, 2.24) is 35.2 Å². The van der Waals surface area contributed by atoms with Crippen LogP contribution < -0.4 is 10.2 Å². The molecule has 0 saturated carbocycles. The molecular formula is C32H35ClFN9. The number of hydrogen-bond donors (Lipinski definition) is 2. The Morgan fingerprint density at radius 2 is 1.95 bits per heavy atom. The highest BCUT2D eigenvalue weighted by molar-refractivity contribution is 6.35. The highest BCUT2D eigenvalue weighted by atomic mass is 35.5. The quantitative estimate of drug-likeness (QED) is 0.260. The van der Waals surface area contributed by atoms with Crippen molar-refractivity contribution in [2.45, 2.75) is 57.7 Å². The van der Waals surface area contributed by atoms with E-state index in [4.69, 9.17) is 21.7 Å². The lowest BCUT2D eigenvalue weighted by molar-refractivity contribution is 0.133. The summed E-state index contributed by atoms with van der Waals surface area (Å²) in [6.45, 7) is 8.55. The Morgan fingerprint density at radius 3 is 2.70 bits per heavy atom. The number of nitriles is 1. The van der Waals surface area contributed by atoms with E-state index in [0.29, 0.717) is 22.4 Å². The Bertz CT molecular complexity index is 1950. The lowest BCUT2D eigenvalue weighted by atomic mass is 9.90. The summed E-state index contributed by atoms with van der Waals surface area (Å²) in [5.41, 5.74) is 4.97. The van der Waals surface area contributed by atoms with Crippen LogP contribution >= 0.6 is 11.6 Å². The molecular weight excluding hydrogens is 565 g/mol. The van der Waals surface area contributed by atoms with Crippen molar-refractivity contribution in [3.63, 3.8) is 0 Å². The van der Waals surface area contributed by atoms with Gasteiger partial charge in [-0.2, -0.15) is 15.5 Å². The number of nitrogens with zero attached hydrogens (tertiary/aromatic N) is 7. The second-order valence-electron chi connectivity index (χ2n) is 12.7. The van der Waals surface area contributed by atoms with Crippen LogP contribution in [0.3, 0.4) is 0 Å². The van der Waals surface area contributed by atoms with Crippen LogP contribution in [0.25, 0.3) is 43.8 Å². The van der Waals surface area contributed by atoms with Crippen molar-refractivity contribution in [1.29, 1.82) is 5.26 Å². The number of benzene rings is 2. The van der Waals surface area contributed by atoms with Crippen molar-refractivity contribution in [3.05, 3.63) is 46.5 Å². The van der Waals surface area contributed by atoms with Crippen LogP contribution in [-0.2, 0) is 0 Å². The minimum Gasteiger partial charge on any atom is -0.352 e. The highest BCUT2D eigenvalue weighted by Gasteiger charge is 2.42. The first-order valence-electron chi connectivity index (χ1n) is 14.8. The molecule has 0 spiro atoms. The van der Waals surface area contributed by atoms with Crippen LogP contribution in [0, 0.1) is 31.0 Å². The van der Waals surface area contributed by atoms with Gasteiger partial charge in [0, 0.05) is 41.0 Å². The fourth-order valence-corrected chi connectivity index (χ4v) is 7.22. The minimum absolute atomic E-state index is 0.00617. The summed E-state index contributed by atoms with van der Waals surface area (Å²) >= 11 is 7.03. The largest absolute Gasteiger partial charge is 0.352 e. The number of pyridine rings is 1. The van der Waals surface area contributed by atoms with Crippen LogP contribution in [0.5, 0.6) is 0 Å². The Morgan fingerprint density at radius 1 is 1.16 bits per heavy atom. The van der Waals surface area contributed by atoms with Crippen LogP contribution in [-0.4, -0.2) is 75.2 Å². The van der Waals surface area contributed by atoms with E-state index in [9.17, 15) is 5.26 Å². The van der Waals surface area contributed by atoms with E-state index in [-0.39, 0.29) is 23.1 Å². The average Bonchev–Trinajstić information content (AvgIpc) is 3.61. The molecule has 0 radical (unpaired) electrons. The maximum absolute atomic E-state index is 17.1. The molecule has 0 unspecified atom stereocenters. The zero-order chi connectivity index (χ0) is 30.2. The molecule has 0 aliphatic carbocycles. The number of H-pyrrole nitrogens is 1. The zero-order valence-electron chi connectivity index (χ0n) is 25.1. The number of halogens is 2. The minimum atomic E-state index is -0.446. The molecule has 2 aliphatic heterocycles. The Balaban J connectivity index is 1.49. The molecule has 3 aromatic heterocycles. The molecule has 43 heavy (non-hydrogen) atoms. The molecule has 5 aromatic rings. The maximum Gasteiger partial charge on any atom is 0.158 e. The van der Waals surface area contributed by atoms with Crippen molar-refractivity contribution >= 4 is 50.1 Å². The monoisotopic (exact) mass is 599 g/mol. The Kier molecular flexibility index (Phi) is 6.61. The molecule has 2 aromatic carbocycles. The number of aryl methyl sites for hydroxylation is 1. The summed E-state index contributed by atoms with van der Waals surface area (Å²) in [5, 5.41) is 27.6. The average molecular weight is 600 g/mol. The Hall–Kier alpha value is -3.78. The van der Waals surface area contributed by atoms with Gasteiger partial charge in [0.05, 0.1) is 57.9 Å². The van der Waals surface area contributed by atoms with Gasteiger partial charge in [0.25, 0.3) is 0 Å². The first kappa shape index (κ1) is 28.0. The number of rotatable bonds is 5. The fraction of sp³-hybridized carbons (Fsp3) is 0.438. The zero-order valence-corrected chi connectivity index (χ0v) is 25.8. The third-order valence-electron chi connectivity index (χ3n) is 9.81. The predicted molar refractivity (Wildman–Crippen MR) is 169 cm³/mol. The summed E-state index contributed by atoms with van der Waals surface area (Å²) < 4.78 is 19.1. The van der Waals surface area contributed by atoms with Gasteiger partial charge in [0.15, 0.2) is 5.82 Å². The van der Waals surface area contributed by atoms with Crippen LogP contribution in [0.1, 0.15) is 43.4 Å². The molecule has 2 aliphatic rings. The number of fused-ring (bicyclic) bond motifs is 4. The molecule has 0 amide bonds. The number of likely N-dealkylation sites (N-methyl/N-ethyl adjacent to an activating group) is 1. The van der Waals surface area contributed by atoms with Gasteiger partial charge < -0.3 is 15.1 Å². The third-order valence-corrected chi connectivity index (χ3v) is 10.1.